The van der Waals surface area contributed by atoms with Gasteiger partial charge in [0, 0.05) is 25.7 Å². The van der Waals surface area contributed by atoms with Gasteiger partial charge in [-0.15, -0.1) is 5.10 Å². The molecule has 3 rings (SSSR count). The normalized spacial score (nSPS) is 25.7. The molecule has 7 heteroatoms. The summed E-state index contributed by atoms with van der Waals surface area (Å²) < 4.78 is 9.77. The lowest BCUT2D eigenvalue weighted by atomic mass is 10.0. The van der Waals surface area contributed by atoms with E-state index < -0.39 is 0 Å². The molecule has 0 unspecified atom stereocenters. The highest BCUT2D eigenvalue weighted by atomic mass is 32.1. The van der Waals surface area contributed by atoms with Crippen molar-refractivity contribution in [3.8, 4) is 0 Å². The lowest BCUT2D eigenvalue weighted by Gasteiger charge is -2.48. The largest absolute Gasteiger partial charge is 0.378 e. The predicted molar refractivity (Wildman–Crippen MR) is 89.9 cm³/mol. The molecule has 23 heavy (non-hydrogen) atoms. The Bertz CT molecular complexity index is 546. The van der Waals surface area contributed by atoms with Crippen molar-refractivity contribution in [3.63, 3.8) is 0 Å². The summed E-state index contributed by atoms with van der Waals surface area (Å²) in [6, 6.07) is 0.827. The van der Waals surface area contributed by atoms with Gasteiger partial charge in [0.1, 0.15) is 4.88 Å². The van der Waals surface area contributed by atoms with Crippen LogP contribution in [0.4, 0.5) is 0 Å². The number of hydrogen-bond donors (Lipinski definition) is 0. The number of ether oxygens (including phenoxy) is 1. The number of amides is 1. The topological polar surface area (TPSA) is 58.6 Å². The first-order valence-electron chi connectivity index (χ1n) is 8.56. The number of piperazine rings is 1. The molecule has 1 amide bonds. The van der Waals surface area contributed by atoms with Crippen molar-refractivity contribution in [3.05, 3.63) is 10.6 Å². The van der Waals surface area contributed by atoms with Gasteiger partial charge in [-0.2, -0.15) is 0 Å². The van der Waals surface area contributed by atoms with Crippen LogP contribution in [0.3, 0.4) is 0 Å². The van der Waals surface area contributed by atoms with Crippen LogP contribution in [0.2, 0.25) is 0 Å². The molecular weight excluding hydrogens is 312 g/mol. The number of nitrogens with zero attached hydrogens (tertiary/aromatic N) is 4. The molecule has 1 aromatic rings. The molecule has 0 aromatic carbocycles. The van der Waals surface area contributed by atoms with E-state index in [1.807, 2.05) is 4.90 Å². The summed E-state index contributed by atoms with van der Waals surface area (Å²) in [5.74, 6) is 0.307. The summed E-state index contributed by atoms with van der Waals surface area (Å²) in [7, 11) is 0. The monoisotopic (exact) mass is 338 g/mol. The Morgan fingerprint density at radius 3 is 2.96 bits per heavy atom. The van der Waals surface area contributed by atoms with Crippen LogP contribution in [-0.2, 0) is 4.74 Å². The van der Waals surface area contributed by atoms with E-state index in [-0.39, 0.29) is 11.8 Å². The molecule has 3 heterocycles. The first-order valence-corrected chi connectivity index (χ1v) is 9.34. The fourth-order valence-electron chi connectivity index (χ4n) is 3.57. The van der Waals surface area contributed by atoms with Gasteiger partial charge in [-0.3, -0.25) is 9.69 Å². The van der Waals surface area contributed by atoms with Crippen LogP contribution in [0.15, 0.2) is 0 Å². The third-order valence-corrected chi connectivity index (χ3v) is 5.51. The van der Waals surface area contributed by atoms with Crippen molar-refractivity contribution in [1.29, 1.82) is 0 Å². The number of aromatic nitrogens is 2. The van der Waals surface area contributed by atoms with Crippen LogP contribution >= 0.6 is 11.5 Å². The highest BCUT2D eigenvalue weighted by Gasteiger charge is 2.37. The van der Waals surface area contributed by atoms with Crippen molar-refractivity contribution in [1.82, 2.24) is 19.4 Å². The number of morpholine rings is 1. The molecule has 2 aliphatic rings. The van der Waals surface area contributed by atoms with Crippen molar-refractivity contribution in [2.75, 3.05) is 32.8 Å². The molecule has 128 valence electrons. The summed E-state index contributed by atoms with van der Waals surface area (Å²) in [4.78, 5) is 18.1. The molecule has 2 saturated heterocycles. The quantitative estimate of drug-likeness (QED) is 0.840. The van der Waals surface area contributed by atoms with Crippen LogP contribution in [0.5, 0.6) is 0 Å². The van der Waals surface area contributed by atoms with Gasteiger partial charge in [0.2, 0.25) is 0 Å². The molecule has 0 saturated carbocycles. The van der Waals surface area contributed by atoms with Crippen molar-refractivity contribution < 1.29 is 9.53 Å². The molecule has 0 aliphatic carbocycles. The van der Waals surface area contributed by atoms with Crippen molar-refractivity contribution in [2.45, 2.75) is 51.6 Å². The number of carbonyl (C=O) groups is 1. The maximum absolute atomic E-state index is 12.9. The fourth-order valence-corrected chi connectivity index (χ4v) is 4.36. The fraction of sp³-hybridized carbons (Fsp3) is 0.812. The Morgan fingerprint density at radius 1 is 1.39 bits per heavy atom. The van der Waals surface area contributed by atoms with Crippen LogP contribution in [0.1, 0.15) is 54.9 Å². The number of fused-ring (bicyclic) bond motifs is 1. The molecule has 0 N–H and O–H groups in total. The minimum atomic E-state index is 0.0842. The van der Waals surface area contributed by atoms with Gasteiger partial charge in [0.05, 0.1) is 24.9 Å². The van der Waals surface area contributed by atoms with E-state index in [1.54, 1.807) is 0 Å². The Morgan fingerprint density at radius 2 is 2.22 bits per heavy atom. The van der Waals surface area contributed by atoms with Crippen molar-refractivity contribution in [2.24, 2.45) is 0 Å². The third-order valence-electron chi connectivity index (χ3n) is 4.78. The second-order valence-electron chi connectivity index (χ2n) is 6.76. The highest BCUT2D eigenvalue weighted by molar-refractivity contribution is 7.08. The summed E-state index contributed by atoms with van der Waals surface area (Å²) >= 11 is 1.22. The summed E-state index contributed by atoms with van der Waals surface area (Å²) in [5.41, 5.74) is 0.825. The zero-order valence-corrected chi connectivity index (χ0v) is 15.0. The first kappa shape index (κ1) is 16.8. The zero-order valence-electron chi connectivity index (χ0n) is 14.2. The summed E-state index contributed by atoms with van der Waals surface area (Å²) in [5, 5.41) is 4.14. The molecule has 2 aliphatic heterocycles. The van der Waals surface area contributed by atoms with Crippen molar-refractivity contribution >= 4 is 17.4 Å². The van der Waals surface area contributed by atoms with Crippen LogP contribution in [0, 0.1) is 0 Å². The molecule has 1 aromatic heterocycles. The molecule has 0 bridgehead atoms. The molecule has 2 fully saturated rings. The maximum Gasteiger partial charge on any atom is 0.267 e. The van der Waals surface area contributed by atoms with Gasteiger partial charge < -0.3 is 9.64 Å². The third kappa shape index (κ3) is 3.41. The summed E-state index contributed by atoms with van der Waals surface area (Å²) in [6.07, 6.45) is 2.34. The molecule has 0 spiro atoms. The van der Waals surface area contributed by atoms with E-state index in [0.29, 0.717) is 17.0 Å². The number of hydrogen-bond acceptors (Lipinski definition) is 6. The Hall–Kier alpha value is -1.05. The SMILES string of the molecule is CCC[C@H]1COC[C@H]2CN(C(=O)c3snnc3C(C)C)CCN12. The van der Waals surface area contributed by atoms with E-state index in [1.165, 1.54) is 24.4 Å². The lowest BCUT2D eigenvalue weighted by molar-refractivity contribution is -0.0776. The predicted octanol–water partition coefficient (Wildman–Crippen LogP) is 1.99. The Balaban J connectivity index is 1.69. The van der Waals surface area contributed by atoms with Crippen LogP contribution in [-0.4, -0.2) is 70.2 Å². The van der Waals surface area contributed by atoms with Crippen LogP contribution in [0.25, 0.3) is 0 Å². The maximum atomic E-state index is 12.9. The lowest BCUT2D eigenvalue weighted by Crippen LogP contribution is -2.62. The standard InChI is InChI=1S/C16H26N4O2S/c1-4-5-12-9-22-10-13-8-19(6-7-20(12)13)16(21)15-14(11(2)3)17-18-23-15/h11-13H,4-10H2,1-3H3/t12-,13+/m0/s1. The minimum Gasteiger partial charge on any atom is -0.378 e. The molecule has 0 radical (unpaired) electrons. The van der Waals surface area contributed by atoms with Gasteiger partial charge in [-0.25, -0.2) is 0 Å². The first-order chi connectivity index (χ1) is 11.1. The van der Waals surface area contributed by atoms with Gasteiger partial charge in [0.15, 0.2) is 0 Å². The average molecular weight is 338 g/mol. The van der Waals surface area contributed by atoms with E-state index in [9.17, 15) is 4.79 Å². The van der Waals surface area contributed by atoms with Gasteiger partial charge in [0.25, 0.3) is 5.91 Å². The van der Waals surface area contributed by atoms with E-state index >= 15 is 0 Å². The van der Waals surface area contributed by atoms with Gasteiger partial charge in [-0.05, 0) is 23.9 Å². The smallest absolute Gasteiger partial charge is 0.267 e. The summed E-state index contributed by atoms with van der Waals surface area (Å²) in [6.45, 7) is 10.3. The second-order valence-corrected chi connectivity index (χ2v) is 7.52. The molecule has 2 atom stereocenters. The molecule has 6 nitrogen and oxygen atoms in total. The van der Waals surface area contributed by atoms with Gasteiger partial charge in [-0.1, -0.05) is 31.7 Å². The Kier molecular flexibility index (Phi) is 5.28. The van der Waals surface area contributed by atoms with Gasteiger partial charge >= 0.3 is 0 Å². The Labute approximate surface area is 142 Å². The average Bonchev–Trinajstić information content (AvgIpc) is 3.04. The number of rotatable bonds is 4. The highest BCUT2D eigenvalue weighted by Crippen LogP contribution is 2.25. The van der Waals surface area contributed by atoms with Crippen LogP contribution < -0.4 is 0 Å². The minimum absolute atomic E-state index is 0.0842. The molecular formula is C16H26N4O2S. The van der Waals surface area contributed by atoms with E-state index in [0.717, 1.165) is 38.5 Å². The van der Waals surface area contributed by atoms with E-state index in [4.69, 9.17) is 4.74 Å². The van der Waals surface area contributed by atoms with E-state index in [2.05, 4.69) is 35.3 Å². The second kappa shape index (κ2) is 7.23. The zero-order chi connectivity index (χ0) is 16.4. The number of carbonyl (C=O) groups excluding carboxylic acids is 1.